The molecular weight excluding hydrogens is 390 g/mol. The van der Waals surface area contributed by atoms with Gasteiger partial charge in [-0.3, -0.25) is 0 Å². The first kappa shape index (κ1) is 23.0. The zero-order chi connectivity index (χ0) is 22.6. The molecule has 0 aromatic heterocycles. The summed E-state index contributed by atoms with van der Waals surface area (Å²) in [5.74, 6) is 1.62. The number of carbonyl (C=O) groups excluding carboxylic acids is 1. The molecule has 1 aliphatic rings. The Kier molecular flexibility index (Phi) is 6.83. The average molecular weight is 426 g/mol. The summed E-state index contributed by atoms with van der Waals surface area (Å²) in [5, 5.41) is 0. The fourth-order valence-corrected chi connectivity index (χ4v) is 4.14. The molecule has 1 aliphatic heterocycles. The summed E-state index contributed by atoms with van der Waals surface area (Å²) in [7, 11) is 1.65. The van der Waals surface area contributed by atoms with Crippen LogP contribution in [-0.4, -0.2) is 36.8 Å². The first-order valence-corrected chi connectivity index (χ1v) is 11.0. The van der Waals surface area contributed by atoms with Gasteiger partial charge in [0.2, 0.25) is 0 Å². The molecule has 0 saturated carbocycles. The third kappa shape index (κ3) is 5.52. The van der Waals surface area contributed by atoms with E-state index in [1.54, 1.807) is 7.11 Å². The summed E-state index contributed by atoms with van der Waals surface area (Å²) in [6.07, 6.45) is 0.715. The van der Waals surface area contributed by atoms with Crippen molar-refractivity contribution < 1.29 is 19.0 Å². The zero-order valence-electron chi connectivity index (χ0n) is 19.6. The predicted octanol–water partition coefficient (Wildman–Crippen LogP) is 6.02. The maximum Gasteiger partial charge on any atom is 0.410 e. The number of benzene rings is 2. The Morgan fingerprint density at radius 2 is 1.84 bits per heavy atom. The third-order valence-electron chi connectivity index (χ3n) is 6.08. The van der Waals surface area contributed by atoms with Crippen LogP contribution in [0.3, 0.4) is 0 Å². The fraction of sp³-hybridized carbons (Fsp3) is 0.500. The van der Waals surface area contributed by atoms with E-state index in [-0.39, 0.29) is 17.4 Å². The smallest absolute Gasteiger partial charge is 0.410 e. The summed E-state index contributed by atoms with van der Waals surface area (Å²) < 4.78 is 17.3. The molecule has 0 N–H and O–H groups in total. The topological polar surface area (TPSA) is 48.0 Å². The molecule has 2 unspecified atom stereocenters. The molecular formula is C26H35NO4. The lowest BCUT2D eigenvalue weighted by Crippen LogP contribution is -2.36. The normalized spacial score (nSPS) is 21.1. The van der Waals surface area contributed by atoms with Crippen LogP contribution < -0.4 is 9.47 Å². The summed E-state index contributed by atoms with van der Waals surface area (Å²) >= 11 is 0. The number of methoxy groups -OCH3 is 1. The van der Waals surface area contributed by atoms with Gasteiger partial charge in [-0.15, -0.1) is 0 Å². The minimum Gasteiger partial charge on any atom is -0.493 e. The maximum absolute atomic E-state index is 12.7. The largest absolute Gasteiger partial charge is 0.493 e. The van der Waals surface area contributed by atoms with Crippen LogP contribution in [0.15, 0.2) is 48.5 Å². The first-order valence-electron chi connectivity index (χ1n) is 11.0. The minimum absolute atomic E-state index is 0.0395. The number of hydrogen-bond acceptors (Lipinski definition) is 4. The van der Waals surface area contributed by atoms with Gasteiger partial charge >= 0.3 is 6.09 Å². The van der Waals surface area contributed by atoms with E-state index in [9.17, 15) is 4.79 Å². The summed E-state index contributed by atoms with van der Waals surface area (Å²) in [6.45, 7) is 11.9. The van der Waals surface area contributed by atoms with E-state index in [4.69, 9.17) is 14.2 Å². The molecule has 168 valence electrons. The van der Waals surface area contributed by atoms with Crippen LogP contribution in [0.1, 0.15) is 58.1 Å². The lowest BCUT2D eigenvalue weighted by molar-refractivity contribution is 0.0274. The maximum atomic E-state index is 12.7. The molecule has 2 aromatic rings. The van der Waals surface area contributed by atoms with E-state index in [1.807, 2.05) is 62.1 Å². The molecule has 0 bridgehead atoms. The Morgan fingerprint density at radius 3 is 2.45 bits per heavy atom. The van der Waals surface area contributed by atoms with Gasteiger partial charge in [-0.2, -0.15) is 0 Å². The van der Waals surface area contributed by atoms with Gasteiger partial charge in [0.1, 0.15) is 12.2 Å². The van der Waals surface area contributed by atoms with Crippen LogP contribution in [0, 0.1) is 5.41 Å². The van der Waals surface area contributed by atoms with Crippen LogP contribution in [-0.2, 0) is 11.3 Å². The molecule has 2 aromatic carbocycles. The van der Waals surface area contributed by atoms with Crippen LogP contribution in [0.25, 0.3) is 0 Å². The molecule has 1 heterocycles. The van der Waals surface area contributed by atoms with Gasteiger partial charge in [0, 0.05) is 19.0 Å². The van der Waals surface area contributed by atoms with Crippen molar-refractivity contribution in [2.75, 3.05) is 20.2 Å². The van der Waals surface area contributed by atoms with E-state index in [2.05, 4.69) is 26.0 Å². The van der Waals surface area contributed by atoms with Crippen molar-refractivity contribution in [3.8, 4) is 11.5 Å². The number of hydrogen-bond donors (Lipinski definition) is 0. The second-order valence-corrected chi connectivity index (χ2v) is 9.61. The molecule has 1 fully saturated rings. The van der Waals surface area contributed by atoms with Gasteiger partial charge in [0.05, 0.1) is 7.11 Å². The van der Waals surface area contributed by atoms with Crippen molar-refractivity contribution in [1.82, 2.24) is 4.90 Å². The van der Waals surface area contributed by atoms with Gasteiger partial charge in [-0.1, -0.05) is 50.2 Å². The Morgan fingerprint density at radius 1 is 1.13 bits per heavy atom. The van der Waals surface area contributed by atoms with Crippen molar-refractivity contribution >= 4 is 6.09 Å². The van der Waals surface area contributed by atoms with Crippen LogP contribution in [0.4, 0.5) is 4.79 Å². The molecule has 2 atom stereocenters. The number of rotatable bonds is 6. The van der Waals surface area contributed by atoms with Crippen molar-refractivity contribution in [2.24, 2.45) is 5.41 Å². The lowest BCUT2D eigenvalue weighted by atomic mass is 9.74. The number of ether oxygens (including phenoxy) is 3. The Balaban J connectivity index is 1.83. The van der Waals surface area contributed by atoms with E-state index < -0.39 is 5.60 Å². The van der Waals surface area contributed by atoms with Crippen molar-refractivity contribution in [1.29, 1.82) is 0 Å². The fourth-order valence-electron chi connectivity index (χ4n) is 4.14. The Bertz CT molecular complexity index is 890. The number of amides is 1. The molecule has 0 radical (unpaired) electrons. The zero-order valence-corrected chi connectivity index (χ0v) is 19.6. The first-order chi connectivity index (χ1) is 14.6. The predicted molar refractivity (Wildman–Crippen MR) is 123 cm³/mol. The molecule has 5 nitrogen and oxygen atoms in total. The molecule has 0 spiro atoms. The van der Waals surface area contributed by atoms with E-state index in [1.165, 1.54) is 0 Å². The lowest BCUT2D eigenvalue weighted by Gasteiger charge is -2.29. The van der Waals surface area contributed by atoms with Crippen molar-refractivity contribution in [2.45, 2.75) is 59.2 Å². The second kappa shape index (κ2) is 9.21. The van der Waals surface area contributed by atoms with Crippen molar-refractivity contribution in [3.05, 3.63) is 59.7 Å². The van der Waals surface area contributed by atoms with Gasteiger partial charge in [0.15, 0.2) is 11.5 Å². The SMILES string of the molecule is CCC1(C)CN(C(=O)OC(C)(C)C)CC1c1ccc(OC)c(OCc2ccccc2)c1. The molecule has 3 rings (SSSR count). The highest BCUT2D eigenvalue weighted by atomic mass is 16.6. The summed E-state index contributed by atoms with van der Waals surface area (Å²) in [5.41, 5.74) is 1.71. The van der Waals surface area contributed by atoms with Crippen molar-refractivity contribution in [3.63, 3.8) is 0 Å². The standard InChI is InChI=1S/C26H35NO4/c1-7-26(5)18-27(24(28)31-25(2,3)4)16-21(26)20-13-14-22(29-6)23(15-20)30-17-19-11-9-8-10-12-19/h8-15,21H,7,16-18H2,1-6H3. The highest BCUT2D eigenvalue weighted by molar-refractivity contribution is 5.69. The molecule has 1 saturated heterocycles. The number of nitrogens with zero attached hydrogens (tertiary/aromatic N) is 1. The highest BCUT2D eigenvalue weighted by Gasteiger charge is 2.45. The van der Waals surface area contributed by atoms with Crippen LogP contribution in [0.2, 0.25) is 0 Å². The summed E-state index contributed by atoms with van der Waals surface area (Å²) in [4.78, 5) is 14.6. The van der Waals surface area contributed by atoms with E-state index >= 15 is 0 Å². The summed E-state index contributed by atoms with van der Waals surface area (Å²) in [6, 6.07) is 16.2. The van der Waals surface area contributed by atoms with Crippen LogP contribution >= 0.6 is 0 Å². The third-order valence-corrected chi connectivity index (χ3v) is 6.08. The Labute approximate surface area is 186 Å². The van der Waals surface area contributed by atoms with E-state index in [0.29, 0.717) is 25.4 Å². The average Bonchev–Trinajstić information content (AvgIpc) is 3.10. The van der Waals surface area contributed by atoms with Crippen LogP contribution in [0.5, 0.6) is 11.5 Å². The molecule has 5 heteroatoms. The van der Waals surface area contributed by atoms with Gasteiger partial charge in [-0.25, -0.2) is 4.79 Å². The molecule has 0 aliphatic carbocycles. The Hall–Kier alpha value is -2.69. The minimum atomic E-state index is -0.504. The van der Waals surface area contributed by atoms with Gasteiger partial charge < -0.3 is 19.1 Å². The van der Waals surface area contributed by atoms with Gasteiger partial charge in [0.25, 0.3) is 0 Å². The van der Waals surface area contributed by atoms with Gasteiger partial charge in [-0.05, 0) is 55.9 Å². The molecule has 31 heavy (non-hydrogen) atoms. The highest BCUT2D eigenvalue weighted by Crippen LogP contribution is 2.47. The molecule has 1 amide bonds. The quantitative estimate of drug-likeness (QED) is 0.567. The number of likely N-dealkylation sites (tertiary alicyclic amines) is 1. The second-order valence-electron chi connectivity index (χ2n) is 9.61. The monoisotopic (exact) mass is 425 g/mol. The number of carbonyl (C=O) groups is 1. The van der Waals surface area contributed by atoms with E-state index in [0.717, 1.165) is 23.3 Å².